The van der Waals surface area contributed by atoms with E-state index in [4.69, 9.17) is 9.47 Å². The summed E-state index contributed by atoms with van der Waals surface area (Å²) in [4.78, 5) is 25.3. The van der Waals surface area contributed by atoms with Crippen molar-refractivity contribution in [2.24, 2.45) is 0 Å². The van der Waals surface area contributed by atoms with Crippen LogP contribution in [0.3, 0.4) is 0 Å². The first-order valence-corrected chi connectivity index (χ1v) is 8.00. The number of nitrogens with one attached hydrogen (secondary N) is 1. The summed E-state index contributed by atoms with van der Waals surface area (Å²) in [5.74, 6) is 0.496. The Hall–Kier alpha value is -2.24. The standard InChI is InChI=1S/C18H28N2O4/c1-13-7-9-15(10-8-13)23-12-16(21)20(6)11-14(2)19-17(22)24-18(3,4)5/h7-10,14H,11-12H2,1-6H3,(H,19,22)/t14-/m0/s1. The summed E-state index contributed by atoms with van der Waals surface area (Å²) in [6.45, 7) is 9.53. The highest BCUT2D eigenvalue weighted by Crippen LogP contribution is 2.11. The number of aryl methyl sites for hydroxylation is 1. The number of carbonyl (C=O) groups is 2. The number of amides is 2. The Morgan fingerprint density at radius 3 is 2.33 bits per heavy atom. The molecule has 0 heterocycles. The zero-order chi connectivity index (χ0) is 18.3. The van der Waals surface area contributed by atoms with E-state index in [0.717, 1.165) is 5.56 Å². The minimum absolute atomic E-state index is 0.0429. The molecule has 6 nitrogen and oxygen atoms in total. The third kappa shape index (κ3) is 7.85. The summed E-state index contributed by atoms with van der Waals surface area (Å²) in [7, 11) is 1.67. The van der Waals surface area contributed by atoms with E-state index < -0.39 is 11.7 Å². The van der Waals surface area contributed by atoms with Gasteiger partial charge in [-0.1, -0.05) is 17.7 Å². The molecule has 0 radical (unpaired) electrons. The van der Waals surface area contributed by atoms with Crippen LogP contribution in [0.2, 0.25) is 0 Å². The van der Waals surface area contributed by atoms with E-state index >= 15 is 0 Å². The van der Waals surface area contributed by atoms with Crippen LogP contribution in [-0.4, -0.2) is 48.7 Å². The van der Waals surface area contributed by atoms with Crippen molar-refractivity contribution in [1.82, 2.24) is 10.2 Å². The molecule has 134 valence electrons. The van der Waals surface area contributed by atoms with Crippen LogP contribution in [0, 0.1) is 6.92 Å². The number of alkyl carbamates (subject to hydrolysis) is 1. The largest absolute Gasteiger partial charge is 0.484 e. The van der Waals surface area contributed by atoms with E-state index in [2.05, 4.69) is 5.32 Å². The summed E-state index contributed by atoms with van der Waals surface area (Å²) < 4.78 is 10.7. The molecule has 0 spiro atoms. The number of hydrogen-bond donors (Lipinski definition) is 1. The normalized spacial score (nSPS) is 12.2. The van der Waals surface area contributed by atoms with Gasteiger partial charge in [0.2, 0.25) is 0 Å². The second-order valence-corrected chi connectivity index (χ2v) is 6.92. The highest BCUT2D eigenvalue weighted by molar-refractivity contribution is 5.77. The van der Waals surface area contributed by atoms with Crippen molar-refractivity contribution < 1.29 is 19.1 Å². The molecule has 1 aromatic carbocycles. The zero-order valence-electron chi connectivity index (χ0n) is 15.4. The van der Waals surface area contributed by atoms with Gasteiger partial charge in [0.05, 0.1) is 0 Å². The van der Waals surface area contributed by atoms with Gasteiger partial charge in [-0.25, -0.2) is 4.79 Å². The maximum absolute atomic E-state index is 12.1. The molecule has 0 saturated heterocycles. The smallest absolute Gasteiger partial charge is 0.407 e. The first-order valence-electron chi connectivity index (χ1n) is 8.00. The van der Waals surface area contributed by atoms with Crippen molar-refractivity contribution in [2.75, 3.05) is 20.2 Å². The fourth-order valence-corrected chi connectivity index (χ4v) is 1.96. The van der Waals surface area contributed by atoms with E-state index in [1.165, 1.54) is 4.90 Å². The Bertz CT molecular complexity index is 549. The van der Waals surface area contributed by atoms with Crippen molar-refractivity contribution in [3.8, 4) is 5.75 Å². The summed E-state index contributed by atoms with van der Waals surface area (Å²) >= 11 is 0. The second kappa shape index (κ2) is 8.57. The topological polar surface area (TPSA) is 67.9 Å². The van der Waals surface area contributed by atoms with E-state index in [-0.39, 0.29) is 18.6 Å². The predicted octanol–water partition coefficient (Wildman–Crippen LogP) is 2.75. The molecule has 0 saturated carbocycles. The van der Waals surface area contributed by atoms with Gasteiger partial charge in [-0.05, 0) is 46.8 Å². The first kappa shape index (κ1) is 19.8. The third-order valence-corrected chi connectivity index (χ3v) is 3.12. The molecular formula is C18H28N2O4. The molecule has 0 aliphatic rings. The van der Waals surface area contributed by atoms with Gasteiger partial charge in [-0.2, -0.15) is 0 Å². The fraction of sp³-hybridized carbons (Fsp3) is 0.556. The fourth-order valence-electron chi connectivity index (χ4n) is 1.96. The lowest BCUT2D eigenvalue weighted by molar-refractivity contribution is -0.132. The highest BCUT2D eigenvalue weighted by Gasteiger charge is 2.19. The van der Waals surface area contributed by atoms with Crippen molar-refractivity contribution in [1.29, 1.82) is 0 Å². The monoisotopic (exact) mass is 336 g/mol. The number of likely N-dealkylation sites (N-methyl/N-ethyl adjacent to an activating group) is 1. The van der Waals surface area contributed by atoms with Gasteiger partial charge >= 0.3 is 6.09 Å². The van der Waals surface area contributed by atoms with Gasteiger partial charge in [0.1, 0.15) is 11.4 Å². The summed E-state index contributed by atoms with van der Waals surface area (Å²) in [5.41, 5.74) is 0.584. The lowest BCUT2D eigenvalue weighted by Gasteiger charge is -2.25. The van der Waals surface area contributed by atoms with Crippen molar-refractivity contribution in [3.05, 3.63) is 29.8 Å². The minimum Gasteiger partial charge on any atom is -0.484 e. The number of nitrogens with zero attached hydrogens (tertiary/aromatic N) is 1. The Labute approximate surface area is 144 Å². The molecule has 0 bridgehead atoms. The Kier molecular flexibility index (Phi) is 7.07. The molecule has 0 unspecified atom stereocenters. The SMILES string of the molecule is Cc1ccc(OCC(=O)N(C)C[C@H](C)NC(=O)OC(C)(C)C)cc1. The number of benzene rings is 1. The molecular weight excluding hydrogens is 308 g/mol. The average molecular weight is 336 g/mol. The molecule has 2 amide bonds. The third-order valence-electron chi connectivity index (χ3n) is 3.12. The molecule has 1 rings (SSSR count). The van der Waals surface area contributed by atoms with E-state index in [0.29, 0.717) is 12.3 Å². The van der Waals surface area contributed by atoms with E-state index in [9.17, 15) is 9.59 Å². The Morgan fingerprint density at radius 1 is 1.21 bits per heavy atom. The molecule has 0 aliphatic carbocycles. The van der Waals surface area contributed by atoms with Gasteiger partial charge in [-0.15, -0.1) is 0 Å². The maximum Gasteiger partial charge on any atom is 0.407 e. The molecule has 0 aromatic heterocycles. The predicted molar refractivity (Wildman–Crippen MR) is 93.1 cm³/mol. The van der Waals surface area contributed by atoms with Gasteiger partial charge in [0.25, 0.3) is 5.91 Å². The van der Waals surface area contributed by atoms with E-state index in [1.807, 2.05) is 38.1 Å². The average Bonchev–Trinajstić information content (AvgIpc) is 2.43. The van der Waals surface area contributed by atoms with Crippen LogP contribution in [-0.2, 0) is 9.53 Å². The van der Waals surface area contributed by atoms with Gasteiger partial charge in [-0.3, -0.25) is 4.79 Å². The first-order chi connectivity index (χ1) is 11.1. The summed E-state index contributed by atoms with van der Waals surface area (Å²) in [6.07, 6.45) is -0.494. The minimum atomic E-state index is -0.548. The van der Waals surface area contributed by atoms with Crippen LogP contribution < -0.4 is 10.1 Å². The number of hydrogen-bond acceptors (Lipinski definition) is 4. The van der Waals surface area contributed by atoms with Crippen molar-refractivity contribution in [2.45, 2.75) is 46.3 Å². The summed E-state index contributed by atoms with van der Waals surface area (Å²) in [5, 5.41) is 2.71. The van der Waals surface area contributed by atoms with Crippen LogP contribution in [0.25, 0.3) is 0 Å². The Morgan fingerprint density at radius 2 is 1.79 bits per heavy atom. The highest BCUT2D eigenvalue weighted by atomic mass is 16.6. The Balaban J connectivity index is 2.37. The van der Waals surface area contributed by atoms with Crippen LogP contribution in [0.15, 0.2) is 24.3 Å². The molecule has 6 heteroatoms. The maximum atomic E-state index is 12.1. The van der Waals surface area contributed by atoms with Crippen LogP contribution in [0.4, 0.5) is 4.79 Å². The van der Waals surface area contributed by atoms with Gasteiger partial charge in [0.15, 0.2) is 6.61 Å². The van der Waals surface area contributed by atoms with Gasteiger partial charge in [0, 0.05) is 19.6 Å². The summed E-state index contributed by atoms with van der Waals surface area (Å²) in [6, 6.07) is 7.28. The second-order valence-electron chi connectivity index (χ2n) is 6.92. The van der Waals surface area contributed by atoms with Crippen LogP contribution in [0.5, 0.6) is 5.75 Å². The zero-order valence-corrected chi connectivity index (χ0v) is 15.4. The molecule has 1 N–H and O–H groups in total. The number of carbonyl (C=O) groups excluding carboxylic acids is 2. The lowest BCUT2D eigenvalue weighted by Crippen LogP contribution is -2.45. The number of rotatable bonds is 6. The molecule has 0 aliphatic heterocycles. The van der Waals surface area contributed by atoms with Gasteiger partial charge < -0.3 is 19.7 Å². The van der Waals surface area contributed by atoms with E-state index in [1.54, 1.807) is 27.8 Å². The number of ether oxygens (including phenoxy) is 2. The lowest BCUT2D eigenvalue weighted by atomic mass is 10.2. The van der Waals surface area contributed by atoms with Crippen molar-refractivity contribution >= 4 is 12.0 Å². The van der Waals surface area contributed by atoms with Crippen molar-refractivity contribution in [3.63, 3.8) is 0 Å². The molecule has 1 atom stereocenters. The molecule has 1 aromatic rings. The van der Waals surface area contributed by atoms with Crippen LogP contribution >= 0.6 is 0 Å². The quantitative estimate of drug-likeness (QED) is 0.867. The molecule has 0 fully saturated rings. The van der Waals surface area contributed by atoms with Crippen LogP contribution in [0.1, 0.15) is 33.3 Å². The molecule has 24 heavy (non-hydrogen) atoms.